The molecule has 1 aliphatic heterocycles. The second-order valence-corrected chi connectivity index (χ2v) is 3.85. The summed E-state index contributed by atoms with van der Waals surface area (Å²) in [6.07, 6.45) is 1.39. The standard InChI is InChI=1S/C11H8ClN3O3/c12-11-14-4-7(13)10(15-11)18-6-1-2-8-9(3-6)17-5-16-8/h1-4H,5,13H2. The summed E-state index contributed by atoms with van der Waals surface area (Å²) >= 11 is 5.67. The fourth-order valence-corrected chi connectivity index (χ4v) is 1.61. The van der Waals surface area contributed by atoms with Gasteiger partial charge in [-0.1, -0.05) is 0 Å². The van der Waals surface area contributed by atoms with Crippen LogP contribution in [0.5, 0.6) is 23.1 Å². The molecular formula is C11H8ClN3O3. The van der Waals surface area contributed by atoms with Crippen LogP contribution in [0.3, 0.4) is 0 Å². The van der Waals surface area contributed by atoms with Gasteiger partial charge in [-0.15, -0.1) is 0 Å². The van der Waals surface area contributed by atoms with Crippen LogP contribution in [0.25, 0.3) is 0 Å². The molecule has 2 aromatic rings. The molecule has 6 nitrogen and oxygen atoms in total. The van der Waals surface area contributed by atoms with Gasteiger partial charge in [0.15, 0.2) is 11.5 Å². The Hall–Kier alpha value is -2.21. The predicted molar refractivity (Wildman–Crippen MR) is 64.1 cm³/mol. The van der Waals surface area contributed by atoms with Crippen molar-refractivity contribution >= 4 is 17.3 Å². The topological polar surface area (TPSA) is 79.5 Å². The summed E-state index contributed by atoms with van der Waals surface area (Å²) < 4.78 is 16.0. The molecule has 0 radical (unpaired) electrons. The first-order chi connectivity index (χ1) is 8.72. The van der Waals surface area contributed by atoms with E-state index in [1.165, 1.54) is 6.20 Å². The molecule has 92 valence electrons. The van der Waals surface area contributed by atoms with Crippen LogP contribution in [0.1, 0.15) is 0 Å². The van der Waals surface area contributed by atoms with Crippen molar-refractivity contribution in [3.8, 4) is 23.1 Å². The molecule has 1 aromatic heterocycles. The summed E-state index contributed by atoms with van der Waals surface area (Å²) in [5, 5.41) is 0.0694. The lowest BCUT2D eigenvalue weighted by molar-refractivity contribution is 0.174. The second-order valence-electron chi connectivity index (χ2n) is 3.52. The maximum atomic E-state index is 5.69. The van der Waals surface area contributed by atoms with Crippen molar-refractivity contribution in [2.45, 2.75) is 0 Å². The highest BCUT2D eigenvalue weighted by Gasteiger charge is 2.15. The Morgan fingerprint density at radius 1 is 1.28 bits per heavy atom. The molecule has 0 atom stereocenters. The van der Waals surface area contributed by atoms with Gasteiger partial charge in [0.1, 0.15) is 11.4 Å². The summed E-state index contributed by atoms with van der Waals surface area (Å²) in [5.74, 6) is 2.02. The average molecular weight is 266 g/mol. The molecule has 1 aromatic carbocycles. The van der Waals surface area contributed by atoms with Crippen LogP contribution in [0.15, 0.2) is 24.4 Å². The van der Waals surface area contributed by atoms with Crippen LogP contribution < -0.4 is 19.9 Å². The molecule has 0 saturated carbocycles. The number of hydrogen-bond acceptors (Lipinski definition) is 6. The van der Waals surface area contributed by atoms with Crippen LogP contribution in [0, 0.1) is 0 Å². The van der Waals surface area contributed by atoms with E-state index in [1.54, 1.807) is 18.2 Å². The van der Waals surface area contributed by atoms with Gasteiger partial charge in [-0.25, -0.2) is 4.98 Å². The number of benzene rings is 1. The average Bonchev–Trinajstić information content (AvgIpc) is 2.81. The van der Waals surface area contributed by atoms with Crippen molar-refractivity contribution in [1.82, 2.24) is 9.97 Å². The van der Waals surface area contributed by atoms with E-state index < -0.39 is 0 Å². The lowest BCUT2D eigenvalue weighted by Crippen LogP contribution is -1.97. The minimum absolute atomic E-state index is 0.0694. The fraction of sp³-hybridized carbons (Fsp3) is 0.0909. The van der Waals surface area contributed by atoms with Gasteiger partial charge >= 0.3 is 0 Å². The second kappa shape index (κ2) is 4.23. The third kappa shape index (κ3) is 1.98. The number of nitrogen functional groups attached to an aromatic ring is 1. The molecule has 0 unspecified atom stereocenters. The van der Waals surface area contributed by atoms with E-state index in [9.17, 15) is 0 Å². The first-order valence-electron chi connectivity index (χ1n) is 5.08. The zero-order valence-electron chi connectivity index (χ0n) is 9.09. The Bertz CT molecular complexity index is 606. The van der Waals surface area contributed by atoms with Crippen molar-refractivity contribution in [3.63, 3.8) is 0 Å². The zero-order valence-corrected chi connectivity index (χ0v) is 9.85. The number of hydrogen-bond donors (Lipinski definition) is 1. The Morgan fingerprint density at radius 3 is 3.00 bits per heavy atom. The molecule has 1 aliphatic rings. The fourth-order valence-electron chi connectivity index (χ4n) is 1.49. The molecule has 2 heterocycles. The molecule has 0 aliphatic carbocycles. The lowest BCUT2D eigenvalue weighted by Gasteiger charge is -2.07. The zero-order chi connectivity index (χ0) is 12.5. The summed E-state index contributed by atoms with van der Waals surface area (Å²) in [6, 6.07) is 5.16. The van der Waals surface area contributed by atoms with E-state index in [4.69, 9.17) is 31.5 Å². The normalized spacial score (nSPS) is 12.5. The summed E-state index contributed by atoms with van der Waals surface area (Å²) in [4.78, 5) is 7.64. The Balaban J connectivity index is 1.90. The molecule has 0 amide bonds. The smallest absolute Gasteiger partial charge is 0.247 e. The first-order valence-corrected chi connectivity index (χ1v) is 5.46. The number of rotatable bonds is 2. The largest absolute Gasteiger partial charge is 0.454 e. The highest BCUT2D eigenvalue weighted by molar-refractivity contribution is 6.28. The van der Waals surface area contributed by atoms with Crippen LogP contribution >= 0.6 is 11.6 Å². The SMILES string of the molecule is Nc1cnc(Cl)nc1Oc1ccc2c(c1)OCO2. The molecule has 3 rings (SSSR count). The van der Waals surface area contributed by atoms with Crippen LogP contribution in [0.4, 0.5) is 5.69 Å². The van der Waals surface area contributed by atoms with Crippen molar-refractivity contribution in [2.75, 3.05) is 12.5 Å². The van der Waals surface area contributed by atoms with E-state index >= 15 is 0 Å². The summed E-state index contributed by atoms with van der Waals surface area (Å²) in [7, 11) is 0. The van der Waals surface area contributed by atoms with Crippen LogP contribution in [0.2, 0.25) is 5.28 Å². The van der Waals surface area contributed by atoms with Gasteiger partial charge in [-0.2, -0.15) is 4.98 Å². The Kier molecular flexibility index (Phi) is 2.56. The van der Waals surface area contributed by atoms with Crippen molar-refractivity contribution in [3.05, 3.63) is 29.7 Å². The lowest BCUT2D eigenvalue weighted by atomic mass is 10.3. The minimum atomic E-state index is 0.0694. The minimum Gasteiger partial charge on any atom is -0.454 e. The highest BCUT2D eigenvalue weighted by Crippen LogP contribution is 2.37. The van der Waals surface area contributed by atoms with Crippen molar-refractivity contribution in [1.29, 1.82) is 0 Å². The van der Waals surface area contributed by atoms with E-state index in [-0.39, 0.29) is 18.0 Å². The molecular weight excluding hydrogens is 258 g/mol. The molecule has 7 heteroatoms. The third-order valence-electron chi connectivity index (χ3n) is 2.31. The molecule has 0 bridgehead atoms. The Morgan fingerprint density at radius 2 is 2.11 bits per heavy atom. The number of anilines is 1. The number of nitrogens with two attached hydrogens (primary N) is 1. The monoisotopic (exact) mass is 265 g/mol. The van der Waals surface area contributed by atoms with Crippen LogP contribution in [-0.4, -0.2) is 16.8 Å². The van der Waals surface area contributed by atoms with E-state index in [2.05, 4.69) is 9.97 Å². The van der Waals surface area contributed by atoms with Crippen LogP contribution in [-0.2, 0) is 0 Å². The van der Waals surface area contributed by atoms with Gasteiger partial charge in [-0.05, 0) is 23.7 Å². The molecule has 0 saturated heterocycles. The van der Waals surface area contributed by atoms with E-state index in [0.29, 0.717) is 22.9 Å². The van der Waals surface area contributed by atoms with Crippen molar-refractivity contribution < 1.29 is 14.2 Å². The summed E-state index contributed by atoms with van der Waals surface area (Å²) in [5.41, 5.74) is 5.99. The van der Waals surface area contributed by atoms with Gasteiger partial charge in [-0.3, -0.25) is 0 Å². The maximum absolute atomic E-state index is 5.69. The number of nitrogens with zero attached hydrogens (tertiary/aromatic N) is 2. The number of fused-ring (bicyclic) bond motifs is 1. The molecule has 18 heavy (non-hydrogen) atoms. The number of aromatic nitrogens is 2. The van der Waals surface area contributed by atoms with Gasteiger partial charge in [0.25, 0.3) is 0 Å². The van der Waals surface area contributed by atoms with Gasteiger partial charge in [0.05, 0.1) is 6.20 Å². The molecule has 0 spiro atoms. The third-order valence-corrected chi connectivity index (χ3v) is 2.49. The first kappa shape index (κ1) is 10.9. The molecule has 2 N–H and O–H groups in total. The highest BCUT2D eigenvalue weighted by atomic mass is 35.5. The molecule has 0 fully saturated rings. The number of halogens is 1. The summed E-state index contributed by atoms with van der Waals surface area (Å²) in [6.45, 7) is 0.209. The van der Waals surface area contributed by atoms with Crippen molar-refractivity contribution in [2.24, 2.45) is 0 Å². The van der Waals surface area contributed by atoms with E-state index in [0.717, 1.165) is 0 Å². The predicted octanol–water partition coefficient (Wildman–Crippen LogP) is 2.23. The van der Waals surface area contributed by atoms with Gasteiger partial charge in [0, 0.05) is 6.07 Å². The Labute approximate surface area is 107 Å². The van der Waals surface area contributed by atoms with E-state index in [1.807, 2.05) is 0 Å². The number of ether oxygens (including phenoxy) is 3. The van der Waals surface area contributed by atoms with Gasteiger partial charge in [0.2, 0.25) is 18.0 Å². The van der Waals surface area contributed by atoms with Gasteiger partial charge < -0.3 is 19.9 Å². The maximum Gasteiger partial charge on any atom is 0.247 e. The quantitative estimate of drug-likeness (QED) is 0.839.